The molecule has 0 heterocycles. The second-order valence-electron chi connectivity index (χ2n) is 4.18. The van der Waals surface area contributed by atoms with Gasteiger partial charge in [0, 0.05) is 6.92 Å². The Labute approximate surface area is 109 Å². The SMILES string of the molecule is C=C1CC[C@@H](O)C[C@]1(I)C(O)COC(C)=O. The number of carbonyl (C=O) groups is 1. The van der Waals surface area contributed by atoms with Crippen molar-refractivity contribution < 1.29 is 19.7 Å². The van der Waals surface area contributed by atoms with E-state index in [1.54, 1.807) is 0 Å². The van der Waals surface area contributed by atoms with E-state index >= 15 is 0 Å². The molecule has 2 N–H and O–H groups in total. The molecule has 1 unspecified atom stereocenters. The third-order valence-corrected chi connectivity index (χ3v) is 4.79. The van der Waals surface area contributed by atoms with Crippen LogP contribution in [0.4, 0.5) is 0 Å². The second kappa shape index (κ2) is 5.46. The third-order valence-electron chi connectivity index (χ3n) is 2.87. The van der Waals surface area contributed by atoms with Crippen LogP contribution in [0.25, 0.3) is 0 Å². The molecule has 0 aromatic carbocycles. The minimum absolute atomic E-state index is 0.0516. The largest absolute Gasteiger partial charge is 0.463 e. The van der Waals surface area contributed by atoms with Crippen molar-refractivity contribution in [2.45, 2.75) is 41.8 Å². The zero-order valence-corrected chi connectivity index (χ0v) is 11.4. The molecule has 0 aromatic rings. The number of aliphatic hydroxyl groups is 2. The summed E-state index contributed by atoms with van der Waals surface area (Å²) in [4.78, 5) is 10.7. The summed E-state index contributed by atoms with van der Waals surface area (Å²) in [6, 6.07) is 0. The first-order valence-corrected chi connectivity index (χ1v) is 6.31. The van der Waals surface area contributed by atoms with Gasteiger partial charge in [0.05, 0.1) is 9.53 Å². The van der Waals surface area contributed by atoms with Gasteiger partial charge in [0.1, 0.15) is 12.7 Å². The fraction of sp³-hybridized carbons (Fsp3) is 0.727. The lowest BCUT2D eigenvalue weighted by Crippen LogP contribution is -2.46. The smallest absolute Gasteiger partial charge is 0.302 e. The molecule has 16 heavy (non-hydrogen) atoms. The number of hydrogen-bond donors (Lipinski definition) is 2. The minimum atomic E-state index is -0.820. The first-order chi connectivity index (χ1) is 7.36. The van der Waals surface area contributed by atoms with E-state index in [1.165, 1.54) is 6.92 Å². The predicted molar refractivity (Wildman–Crippen MR) is 68.4 cm³/mol. The fourth-order valence-electron chi connectivity index (χ4n) is 1.84. The van der Waals surface area contributed by atoms with Crippen LogP contribution in [0.15, 0.2) is 12.2 Å². The van der Waals surface area contributed by atoms with Gasteiger partial charge in [-0.3, -0.25) is 4.79 Å². The van der Waals surface area contributed by atoms with Crippen molar-refractivity contribution in [1.29, 1.82) is 0 Å². The molecule has 0 saturated heterocycles. The molecule has 1 fully saturated rings. The van der Waals surface area contributed by atoms with E-state index in [-0.39, 0.29) is 6.61 Å². The Balaban J connectivity index is 2.66. The van der Waals surface area contributed by atoms with Crippen molar-refractivity contribution in [1.82, 2.24) is 0 Å². The number of esters is 1. The van der Waals surface area contributed by atoms with Crippen LogP contribution in [0, 0.1) is 0 Å². The highest BCUT2D eigenvalue weighted by molar-refractivity contribution is 14.1. The molecule has 0 radical (unpaired) electrons. The number of alkyl halides is 1. The Kier molecular flexibility index (Phi) is 4.75. The molecule has 0 aromatic heterocycles. The number of rotatable bonds is 3. The molecular formula is C11H17IO4. The van der Waals surface area contributed by atoms with Crippen molar-refractivity contribution in [3.63, 3.8) is 0 Å². The number of aliphatic hydroxyl groups excluding tert-OH is 2. The maximum atomic E-state index is 10.7. The molecule has 4 nitrogen and oxygen atoms in total. The van der Waals surface area contributed by atoms with E-state index in [0.29, 0.717) is 19.3 Å². The average molecular weight is 340 g/mol. The number of hydrogen-bond acceptors (Lipinski definition) is 4. The van der Waals surface area contributed by atoms with Crippen LogP contribution >= 0.6 is 22.6 Å². The van der Waals surface area contributed by atoms with Gasteiger partial charge in [-0.1, -0.05) is 34.7 Å². The van der Waals surface area contributed by atoms with Gasteiger partial charge < -0.3 is 14.9 Å². The molecule has 0 spiro atoms. The summed E-state index contributed by atoms with van der Waals surface area (Å²) in [5.41, 5.74) is 0.901. The van der Waals surface area contributed by atoms with Crippen molar-refractivity contribution in [2.75, 3.05) is 6.61 Å². The van der Waals surface area contributed by atoms with Gasteiger partial charge in [0.15, 0.2) is 0 Å². The molecule has 92 valence electrons. The number of carbonyl (C=O) groups excluding carboxylic acids is 1. The molecule has 0 aliphatic heterocycles. The Bertz CT molecular complexity index is 292. The van der Waals surface area contributed by atoms with Crippen molar-refractivity contribution in [3.05, 3.63) is 12.2 Å². The van der Waals surface area contributed by atoms with Crippen LogP contribution in [0.5, 0.6) is 0 Å². The Morgan fingerprint density at radius 2 is 2.44 bits per heavy atom. The van der Waals surface area contributed by atoms with E-state index in [4.69, 9.17) is 4.74 Å². The summed E-state index contributed by atoms with van der Waals surface area (Å²) in [5.74, 6) is -0.416. The average Bonchev–Trinajstić information content (AvgIpc) is 2.20. The number of ether oxygens (including phenoxy) is 1. The van der Waals surface area contributed by atoms with E-state index in [2.05, 4.69) is 29.2 Å². The maximum absolute atomic E-state index is 10.7. The molecule has 0 bridgehead atoms. The normalized spacial score (nSPS) is 32.2. The predicted octanol–water partition coefficient (Wildman–Crippen LogP) is 1.19. The van der Waals surface area contributed by atoms with Crippen LogP contribution in [0.1, 0.15) is 26.2 Å². The van der Waals surface area contributed by atoms with E-state index in [9.17, 15) is 15.0 Å². The highest BCUT2D eigenvalue weighted by atomic mass is 127. The molecule has 1 saturated carbocycles. The van der Waals surface area contributed by atoms with Gasteiger partial charge >= 0.3 is 5.97 Å². The zero-order valence-electron chi connectivity index (χ0n) is 9.28. The fourth-order valence-corrected chi connectivity index (χ4v) is 2.80. The van der Waals surface area contributed by atoms with Crippen LogP contribution in [-0.2, 0) is 9.53 Å². The van der Waals surface area contributed by atoms with Crippen LogP contribution in [0.2, 0.25) is 0 Å². The summed E-state index contributed by atoms with van der Waals surface area (Å²) in [7, 11) is 0. The van der Waals surface area contributed by atoms with E-state index < -0.39 is 21.6 Å². The van der Waals surface area contributed by atoms with Crippen LogP contribution in [0.3, 0.4) is 0 Å². The number of halogens is 1. The maximum Gasteiger partial charge on any atom is 0.302 e. The summed E-state index contributed by atoms with van der Waals surface area (Å²) in [5, 5.41) is 19.6. The highest BCUT2D eigenvalue weighted by Crippen LogP contribution is 2.42. The molecule has 3 atom stereocenters. The third kappa shape index (κ3) is 3.18. The quantitative estimate of drug-likeness (QED) is 0.351. The van der Waals surface area contributed by atoms with Crippen molar-refractivity contribution in [3.8, 4) is 0 Å². The van der Waals surface area contributed by atoms with Gasteiger partial charge in [0.25, 0.3) is 0 Å². The summed E-state index contributed by atoms with van der Waals surface area (Å²) >= 11 is 2.10. The van der Waals surface area contributed by atoms with E-state index in [1.807, 2.05) is 0 Å². The summed E-state index contributed by atoms with van der Waals surface area (Å²) in [6.45, 7) is 5.18. The summed E-state index contributed by atoms with van der Waals surface area (Å²) < 4.78 is 4.20. The standard InChI is InChI=1S/C11H17IO4/c1-7-3-4-9(14)5-11(7,12)10(15)6-16-8(2)13/h9-10,14-15H,1,3-6H2,2H3/t9-,10?,11-/m1/s1. The van der Waals surface area contributed by atoms with Crippen LogP contribution in [-0.4, -0.2) is 38.4 Å². The molecule has 1 rings (SSSR count). The first kappa shape index (κ1) is 13.9. The van der Waals surface area contributed by atoms with Crippen molar-refractivity contribution in [2.24, 2.45) is 0 Å². The molecule has 5 heteroatoms. The lowest BCUT2D eigenvalue weighted by Gasteiger charge is -2.39. The lowest BCUT2D eigenvalue weighted by molar-refractivity contribution is -0.144. The monoisotopic (exact) mass is 340 g/mol. The Morgan fingerprint density at radius 1 is 1.81 bits per heavy atom. The Morgan fingerprint density at radius 3 is 3.00 bits per heavy atom. The van der Waals surface area contributed by atoms with Gasteiger partial charge in [-0.05, 0) is 19.3 Å². The summed E-state index contributed by atoms with van der Waals surface area (Å²) in [6.07, 6.45) is 0.591. The Hall–Kier alpha value is -0.140. The molecular weight excluding hydrogens is 323 g/mol. The van der Waals surface area contributed by atoms with Gasteiger partial charge in [-0.15, -0.1) is 0 Å². The minimum Gasteiger partial charge on any atom is -0.463 e. The lowest BCUT2D eigenvalue weighted by atomic mass is 9.80. The van der Waals surface area contributed by atoms with Gasteiger partial charge in [-0.2, -0.15) is 0 Å². The molecule has 0 amide bonds. The van der Waals surface area contributed by atoms with Gasteiger partial charge in [-0.25, -0.2) is 0 Å². The second-order valence-corrected chi connectivity index (χ2v) is 6.11. The van der Waals surface area contributed by atoms with Gasteiger partial charge in [0.2, 0.25) is 0 Å². The van der Waals surface area contributed by atoms with E-state index in [0.717, 1.165) is 5.57 Å². The molecule has 1 aliphatic rings. The molecule has 1 aliphatic carbocycles. The topological polar surface area (TPSA) is 66.8 Å². The van der Waals surface area contributed by atoms with Crippen molar-refractivity contribution >= 4 is 28.6 Å². The first-order valence-electron chi connectivity index (χ1n) is 5.23. The van der Waals surface area contributed by atoms with Crippen LogP contribution < -0.4 is 0 Å². The zero-order chi connectivity index (χ0) is 12.3. The highest BCUT2D eigenvalue weighted by Gasteiger charge is 2.42.